The summed E-state index contributed by atoms with van der Waals surface area (Å²) in [5.41, 5.74) is 0. The molecule has 18 heavy (non-hydrogen) atoms. The summed E-state index contributed by atoms with van der Waals surface area (Å²) in [7, 11) is -4.64. The van der Waals surface area contributed by atoms with Crippen LogP contribution in [0.4, 0.5) is 3.89 Å². The Balaban J connectivity index is 2.74. The number of hydrogen-bond donors (Lipinski definition) is 1. The summed E-state index contributed by atoms with van der Waals surface area (Å²) in [5.74, 6) is -2.93. The molecule has 0 saturated carbocycles. The van der Waals surface area contributed by atoms with Crippen LogP contribution in [0.1, 0.15) is 26.2 Å². The van der Waals surface area contributed by atoms with E-state index in [9.17, 15) is 21.9 Å². The van der Waals surface area contributed by atoms with E-state index in [2.05, 4.69) is 0 Å². The van der Waals surface area contributed by atoms with Crippen LogP contribution in [-0.4, -0.2) is 48.6 Å². The molecule has 1 aliphatic heterocycles. The highest BCUT2D eigenvalue weighted by Crippen LogP contribution is 2.24. The minimum Gasteiger partial charge on any atom is -0.480 e. The predicted octanol–water partition coefficient (Wildman–Crippen LogP) is 0.388. The molecule has 1 heterocycles. The van der Waals surface area contributed by atoms with E-state index in [0.29, 0.717) is 12.8 Å². The van der Waals surface area contributed by atoms with Gasteiger partial charge in [0.1, 0.15) is 6.04 Å². The highest BCUT2D eigenvalue weighted by molar-refractivity contribution is 7.86. The molecule has 1 fully saturated rings. The number of carbonyl (C=O) groups excluding carboxylic acids is 1. The number of amides is 1. The van der Waals surface area contributed by atoms with E-state index in [4.69, 9.17) is 5.11 Å². The largest absolute Gasteiger partial charge is 0.480 e. The summed E-state index contributed by atoms with van der Waals surface area (Å²) < 4.78 is 33.6. The maximum atomic E-state index is 12.5. The van der Waals surface area contributed by atoms with Crippen molar-refractivity contribution in [2.75, 3.05) is 12.3 Å². The van der Waals surface area contributed by atoms with E-state index in [1.54, 1.807) is 6.92 Å². The van der Waals surface area contributed by atoms with Crippen LogP contribution in [0.25, 0.3) is 0 Å². The van der Waals surface area contributed by atoms with Crippen molar-refractivity contribution in [2.24, 2.45) is 5.92 Å². The maximum absolute atomic E-state index is 12.5. The second kappa shape index (κ2) is 5.64. The van der Waals surface area contributed by atoms with Gasteiger partial charge in [-0.2, -0.15) is 8.42 Å². The van der Waals surface area contributed by atoms with Crippen molar-refractivity contribution >= 4 is 22.1 Å². The first-order valence-electron chi connectivity index (χ1n) is 5.69. The zero-order valence-corrected chi connectivity index (χ0v) is 10.8. The minimum atomic E-state index is -4.64. The Bertz CT molecular complexity index is 436. The van der Waals surface area contributed by atoms with E-state index in [0.717, 1.165) is 4.90 Å². The molecule has 1 aliphatic rings. The molecule has 0 spiro atoms. The van der Waals surface area contributed by atoms with Gasteiger partial charge in [-0.25, -0.2) is 4.79 Å². The summed E-state index contributed by atoms with van der Waals surface area (Å²) in [6, 6.07) is -0.949. The third-order valence-corrected chi connectivity index (χ3v) is 3.77. The van der Waals surface area contributed by atoms with Gasteiger partial charge >= 0.3 is 16.2 Å². The van der Waals surface area contributed by atoms with E-state index in [1.165, 1.54) is 0 Å². The van der Waals surface area contributed by atoms with Crippen molar-refractivity contribution in [1.82, 2.24) is 4.90 Å². The number of rotatable bonds is 6. The summed E-state index contributed by atoms with van der Waals surface area (Å²) in [4.78, 5) is 23.8. The van der Waals surface area contributed by atoms with Crippen molar-refractivity contribution in [2.45, 2.75) is 32.2 Å². The van der Waals surface area contributed by atoms with E-state index < -0.39 is 39.8 Å². The molecule has 0 aliphatic carbocycles. The van der Waals surface area contributed by atoms with Gasteiger partial charge in [0.25, 0.3) is 0 Å². The molecule has 0 aromatic carbocycles. The fourth-order valence-electron chi connectivity index (χ4n) is 2.19. The van der Waals surface area contributed by atoms with Gasteiger partial charge in [-0.3, -0.25) is 4.79 Å². The molecule has 1 amide bonds. The zero-order chi connectivity index (χ0) is 13.9. The second-order valence-electron chi connectivity index (χ2n) is 4.46. The molecule has 2 atom stereocenters. The number of aliphatic carboxylic acids is 1. The second-order valence-corrected chi connectivity index (χ2v) is 5.88. The molecule has 2 unspecified atom stereocenters. The van der Waals surface area contributed by atoms with Crippen LogP contribution in [-0.2, 0) is 19.8 Å². The molecule has 104 valence electrons. The number of likely N-dealkylation sites (tertiary alicyclic amines) is 1. The van der Waals surface area contributed by atoms with E-state index >= 15 is 0 Å². The molecule has 1 saturated heterocycles. The SMILES string of the molecule is CCCC(C(=O)O)N1CC(CS(=O)(=O)F)CC1=O. The van der Waals surface area contributed by atoms with Crippen LogP contribution in [0.3, 0.4) is 0 Å². The highest BCUT2D eigenvalue weighted by Gasteiger charge is 2.38. The molecule has 0 radical (unpaired) electrons. The van der Waals surface area contributed by atoms with Gasteiger partial charge in [-0.1, -0.05) is 13.3 Å². The van der Waals surface area contributed by atoms with Crippen LogP contribution in [0.5, 0.6) is 0 Å². The fraction of sp³-hybridized carbons (Fsp3) is 0.800. The Morgan fingerprint density at radius 2 is 2.22 bits per heavy atom. The van der Waals surface area contributed by atoms with Crippen molar-refractivity contribution in [3.05, 3.63) is 0 Å². The predicted molar refractivity (Wildman–Crippen MR) is 61.0 cm³/mol. The van der Waals surface area contributed by atoms with Crippen LogP contribution >= 0.6 is 0 Å². The third kappa shape index (κ3) is 3.94. The maximum Gasteiger partial charge on any atom is 0.326 e. The monoisotopic (exact) mass is 281 g/mol. The summed E-state index contributed by atoms with van der Waals surface area (Å²) in [6.45, 7) is 1.78. The lowest BCUT2D eigenvalue weighted by Crippen LogP contribution is -2.42. The van der Waals surface area contributed by atoms with Gasteiger partial charge in [0, 0.05) is 18.9 Å². The first kappa shape index (κ1) is 14.9. The van der Waals surface area contributed by atoms with Gasteiger partial charge in [0.15, 0.2) is 0 Å². The molecule has 8 heteroatoms. The van der Waals surface area contributed by atoms with E-state index in [1.807, 2.05) is 0 Å². The van der Waals surface area contributed by atoms with Gasteiger partial charge in [0.05, 0.1) is 5.75 Å². The Kier molecular flexibility index (Phi) is 4.66. The van der Waals surface area contributed by atoms with E-state index in [-0.39, 0.29) is 13.0 Å². The standard InChI is InChI=1S/C10H16FNO5S/c1-2-3-8(10(14)15)12-5-7(4-9(12)13)6-18(11,16)17/h7-8H,2-6H2,1H3,(H,14,15). The number of nitrogens with zero attached hydrogens (tertiary/aromatic N) is 1. The van der Waals surface area contributed by atoms with Crippen molar-refractivity contribution in [3.63, 3.8) is 0 Å². The average Bonchev–Trinajstić information content (AvgIpc) is 2.52. The molecule has 1 rings (SSSR count). The average molecular weight is 281 g/mol. The molecule has 0 aromatic heterocycles. The molecular weight excluding hydrogens is 265 g/mol. The lowest BCUT2D eigenvalue weighted by molar-refractivity contribution is -0.148. The van der Waals surface area contributed by atoms with Gasteiger partial charge in [0.2, 0.25) is 5.91 Å². The molecule has 0 bridgehead atoms. The molecule has 6 nitrogen and oxygen atoms in total. The first-order valence-corrected chi connectivity index (χ1v) is 7.24. The van der Waals surface area contributed by atoms with Gasteiger partial charge < -0.3 is 10.0 Å². The third-order valence-electron chi connectivity index (χ3n) is 2.90. The lowest BCUT2D eigenvalue weighted by atomic mass is 10.1. The van der Waals surface area contributed by atoms with Crippen LogP contribution in [0, 0.1) is 5.92 Å². The summed E-state index contributed by atoms with van der Waals surface area (Å²) in [5, 5.41) is 9.02. The quantitative estimate of drug-likeness (QED) is 0.711. The Hall–Kier alpha value is -1.18. The van der Waals surface area contributed by atoms with Crippen molar-refractivity contribution in [1.29, 1.82) is 0 Å². The number of carboxylic acids is 1. The minimum absolute atomic E-state index is 0.0149. The Morgan fingerprint density at radius 3 is 2.67 bits per heavy atom. The van der Waals surface area contributed by atoms with Crippen LogP contribution in [0.15, 0.2) is 0 Å². The number of carbonyl (C=O) groups is 2. The van der Waals surface area contributed by atoms with Crippen molar-refractivity contribution < 1.29 is 27.0 Å². The lowest BCUT2D eigenvalue weighted by Gasteiger charge is -2.24. The summed E-state index contributed by atoms with van der Waals surface area (Å²) in [6.07, 6.45) is 0.777. The topological polar surface area (TPSA) is 91.8 Å². The normalized spacial score (nSPS) is 22.2. The smallest absolute Gasteiger partial charge is 0.326 e. The first-order chi connectivity index (χ1) is 8.24. The number of halogens is 1. The molecular formula is C10H16FNO5S. The molecule has 1 N–H and O–H groups in total. The Labute approximate surface area is 105 Å². The number of carboxylic acid groups (broad SMARTS) is 1. The van der Waals surface area contributed by atoms with Crippen molar-refractivity contribution in [3.8, 4) is 0 Å². The highest BCUT2D eigenvalue weighted by atomic mass is 32.3. The zero-order valence-electron chi connectivity index (χ0n) is 10.0. The summed E-state index contributed by atoms with van der Waals surface area (Å²) >= 11 is 0. The van der Waals surface area contributed by atoms with Crippen LogP contribution < -0.4 is 0 Å². The van der Waals surface area contributed by atoms with Crippen LogP contribution in [0.2, 0.25) is 0 Å². The van der Waals surface area contributed by atoms with Gasteiger partial charge in [-0.15, -0.1) is 3.89 Å². The Morgan fingerprint density at radius 1 is 1.61 bits per heavy atom. The number of hydrogen-bond acceptors (Lipinski definition) is 4. The fourth-order valence-corrected chi connectivity index (χ4v) is 2.98. The molecule has 0 aromatic rings. The van der Waals surface area contributed by atoms with Gasteiger partial charge in [-0.05, 0) is 6.42 Å².